The summed E-state index contributed by atoms with van der Waals surface area (Å²) >= 11 is 0. The maximum atomic E-state index is 12.7. The Labute approximate surface area is 193 Å². The van der Waals surface area contributed by atoms with Crippen LogP contribution in [0.25, 0.3) is 11.3 Å². The number of aromatic nitrogens is 2. The summed E-state index contributed by atoms with van der Waals surface area (Å²) in [5.41, 5.74) is 8.85. The maximum Gasteiger partial charge on any atom is 0.274 e. The molecule has 33 heavy (non-hydrogen) atoms. The van der Waals surface area contributed by atoms with E-state index in [0.29, 0.717) is 23.4 Å². The molecular formula is C25H28N6O2. The lowest BCUT2D eigenvalue weighted by molar-refractivity contribution is 0.0932. The molecule has 2 amide bonds. The molecule has 1 saturated heterocycles. The van der Waals surface area contributed by atoms with Gasteiger partial charge in [-0.15, -0.1) is 0 Å². The zero-order chi connectivity index (χ0) is 23.2. The Morgan fingerprint density at radius 2 is 1.97 bits per heavy atom. The lowest BCUT2D eigenvalue weighted by Crippen LogP contribution is -2.37. The van der Waals surface area contributed by atoms with Crippen molar-refractivity contribution in [3.05, 3.63) is 77.6 Å². The SMILES string of the molecule is CC(CNC(=O)c1cccc(-c2cnc(N)c(C(=O)N[C@H]3CCNC3)n2)c1)c1ccccc1. The molecule has 8 nitrogen and oxygen atoms in total. The molecule has 1 aromatic heterocycles. The number of carbonyl (C=O) groups is 2. The summed E-state index contributed by atoms with van der Waals surface area (Å²) in [6, 6.07) is 17.2. The van der Waals surface area contributed by atoms with Crippen molar-refractivity contribution in [3.63, 3.8) is 0 Å². The second-order valence-corrected chi connectivity index (χ2v) is 8.25. The normalized spacial score (nSPS) is 16.2. The van der Waals surface area contributed by atoms with E-state index >= 15 is 0 Å². The number of amides is 2. The summed E-state index contributed by atoms with van der Waals surface area (Å²) in [5.74, 6) is -0.252. The summed E-state index contributed by atoms with van der Waals surface area (Å²) in [6.45, 7) is 4.18. The number of nitrogens with one attached hydrogen (secondary N) is 3. The summed E-state index contributed by atoms with van der Waals surface area (Å²) in [4.78, 5) is 34.0. The molecule has 1 aliphatic rings. The van der Waals surface area contributed by atoms with Crippen LogP contribution in [0.15, 0.2) is 60.8 Å². The Balaban J connectivity index is 1.46. The maximum absolute atomic E-state index is 12.7. The van der Waals surface area contributed by atoms with Gasteiger partial charge in [0.05, 0.1) is 11.9 Å². The highest BCUT2D eigenvalue weighted by molar-refractivity contribution is 5.97. The second kappa shape index (κ2) is 10.2. The third-order valence-corrected chi connectivity index (χ3v) is 5.77. The second-order valence-electron chi connectivity index (χ2n) is 8.25. The van der Waals surface area contributed by atoms with Gasteiger partial charge in [-0.25, -0.2) is 9.97 Å². The van der Waals surface area contributed by atoms with Crippen molar-refractivity contribution >= 4 is 17.6 Å². The molecule has 0 spiro atoms. The number of nitrogens with zero attached hydrogens (tertiary/aromatic N) is 2. The highest BCUT2D eigenvalue weighted by Crippen LogP contribution is 2.20. The van der Waals surface area contributed by atoms with Gasteiger partial charge in [0.15, 0.2) is 11.5 Å². The van der Waals surface area contributed by atoms with Crippen molar-refractivity contribution in [2.24, 2.45) is 0 Å². The molecule has 0 bridgehead atoms. The van der Waals surface area contributed by atoms with Crippen LogP contribution in [0.4, 0.5) is 5.82 Å². The van der Waals surface area contributed by atoms with Crippen LogP contribution >= 0.6 is 0 Å². The van der Waals surface area contributed by atoms with Crippen LogP contribution in [0.1, 0.15) is 45.7 Å². The number of rotatable bonds is 7. The van der Waals surface area contributed by atoms with Crippen molar-refractivity contribution in [1.82, 2.24) is 25.9 Å². The molecule has 4 rings (SSSR count). The van der Waals surface area contributed by atoms with Crippen LogP contribution in [0.2, 0.25) is 0 Å². The van der Waals surface area contributed by atoms with Gasteiger partial charge in [0, 0.05) is 30.3 Å². The fraction of sp³-hybridized carbons (Fsp3) is 0.280. The number of hydrogen-bond acceptors (Lipinski definition) is 6. The van der Waals surface area contributed by atoms with Gasteiger partial charge in [-0.1, -0.05) is 49.4 Å². The minimum absolute atomic E-state index is 0.0488. The summed E-state index contributed by atoms with van der Waals surface area (Å²) in [5, 5.41) is 9.13. The molecule has 2 aromatic carbocycles. The predicted molar refractivity (Wildman–Crippen MR) is 128 cm³/mol. The number of anilines is 1. The molecule has 2 atom stereocenters. The summed E-state index contributed by atoms with van der Waals surface area (Å²) in [6.07, 6.45) is 2.37. The Kier molecular flexibility index (Phi) is 6.95. The largest absolute Gasteiger partial charge is 0.382 e. The highest BCUT2D eigenvalue weighted by atomic mass is 16.2. The van der Waals surface area contributed by atoms with E-state index in [2.05, 4.69) is 32.8 Å². The zero-order valence-electron chi connectivity index (χ0n) is 18.5. The van der Waals surface area contributed by atoms with Crippen molar-refractivity contribution in [1.29, 1.82) is 0 Å². The van der Waals surface area contributed by atoms with E-state index in [4.69, 9.17) is 5.73 Å². The highest BCUT2D eigenvalue weighted by Gasteiger charge is 2.21. The number of nitrogen functional groups attached to an aromatic ring is 1. The Morgan fingerprint density at radius 1 is 1.15 bits per heavy atom. The predicted octanol–water partition coefficient (Wildman–Crippen LogP) is 2.35. The first-order valence-electron chi connectivity index (χ1n) is 11.1. The van der Waals surface area contributed by atoms with Gasteiger partial charge in [0.2, 0.25) is 0 Å². The lowest BCUT2D eigenvalue weighted by Gasteiger charge is -2.14. The Morgan fingerprint density at radius 3 is 2.73 bits per heavy atom. The van der Waals surface area contributed by atoms with Gasteiger partial charge < -0.3 is 21.7 Å². The van der Waals surface area contributed by atoms with Crippen molar-refractivity contribution in [2.45, 2.75) is 25.3 Å². The van der Waals surface area contributed by atoms with Crippen LogP contribution in [-0.2, 0) is 0 Å². The molecule has 1 unspecified atom stereocenters. The summed E-state index contributed by atoms with van der Waals surface area (Å²) in [7, 11) is 0. The average molecular weight is 445 g/mol. The first-order valence-corrected chi connectivity index (χ1v) is 11.1. The number of nitrogens with two attached hydrogens (primary N) is 1. The minimum Gasteiger partial charge on any atom is -0.382 e. The molecule has 1 fully saturated rings. The zero-order valence-corrected chi connectivity index (χ0v) is 18.5. The van der Waals surface area contributed by atoms with Crippen LogP contribution in [-0.4, -0.2) is 47.5 Å². The molecule has 3 aromatic rings. The summed E-state index contributed by atoms with van der Waals surface area (Å²) < 4.78 is 0. The molecule has 0 saturated carbocycles. The van der Waals surface area contributed by atoms with Gasteiger partial charge >= 0.3 is 0 Å². The van der Waals surface area contributed by atoms with E-state index in [1.807, 2.05) is 36.4 Å². The van der Waals surface area contributed by atoms with Crippen molar-refractivity contribution in [2.75, 3.05) is 25.4 Å². The van der Waals surface area contributed by atoms with Crippen molar-refractivity contribution in [3.8, 4) is 11.3 Å². The van der Waals surface area contributed by atoms with E-state index in [1.165, 1.54) is 11.8 Å². The fourth-order valence-corrected chi connectivity index (χ4v) is 3.80. The average Bonchev–Trinajstić information content (AvgIpc) is 3.36. The molecule has 5 N–H and O–H groups in total. The van der Waals surface area contributed by atoms with Gasteiger partial charge in [0.25, 0.3) is 11.8 Å². The van der Waals surface area contributed by atoms with Gasteiger partial charge in [0.1, 0.15) is 0 Å². The van der Waals surface area contributed by atoms with Gasteiger partial charge in [-0.2, -0.15) is 0 Å². The van der Waals surface area contributed by atoms with E-state index < -0.39 is 0 Å². The topological polar surface area (TPSA) is 122 Å². The van der Waals surface area contributed by atoms with Crippen LogP contribution in [0.3, 0.4) is 0 Å². The number of carbonyl (C=O) groups excluding carboxylic acids is 2. The third kappa shape index (κ3) is 5.53. The van der Waals surface area contributed by atoms with Gasteiger partial charge in [-0.3, -0.25) is 9.59 Å². The lowest BCUT2D eigenvalue weighted by atomic mass is 10.0. The molecule has 0 aliphatic carbocycles. The van der Waals surface area contributed by atoms with E-state index in [9.17, 15) is 9.59 Å². The molecule has 2 heterocycles. The molecule has 8 heteroatoms. The standard InChI is InChI=1S/C25H28N6O2/c1-16(17-6-3-2-4-7-17)13-29-24(32)19-9-5-8-18(12-19)21-15-28-23(26)22(31-21)25(33)30-20-10-11-27-14-20/h2-9,12,15-16,20,27H,10-11,13-14H2,1H3,(H2,26,28)(H,29,32)(H,30,33)/t16?,20-/m0/s1. The first-order chi connectivity index (χ1) is 16.0. The van der Waals surface area contributed by atoms with E-state index in [-0.39, 0.29) is 35.3 Å². The number of hydrogen-bond donors (Lipinski definition) is 4. The van der Waals surface area contributed by atoms with Crippen LogP contribution < -0.4 is 21.7 Å². The first kappa shape index (κ1) is 22.4. The van der Waals surface area contributed by atoms with Crippen LogP contribution in [0.5, 0.6) is 0 Å². The Bertz CT molecular complexity index is 1130. The minimum atomic E-state index is -0.348. The smallest absolute Gasteiger partial charge is 0.274 e. The van der Waals surface area contributed by atoms with E-state index in [0.717, 1.165) is 19.5 Å². The van der Waals surface area contributed by atoms with Gasteiger partial charge in [-0.05, 0) is 36.6 Å². The van der Waals surface area contributed by atoms with Crippen molar-refractivity contribution < 1.29 is 9.59 Å². The molecule has 0 radical (unpaired) electrons. The van der Waals surface area contributed by atoms with Crippen LogP contribution in [0, 0.1) is 0 Å². The van der Waals surface area contributed by atoms with E-state index in [1.54, 1.807) is 18.2 Å². The quantitative estimate of drug-likeness (QED) is 0.444. The third-order valence-electron chi connectivity index (χ3n) is 5.77. The monoisotopic (exact) mass is 444 g/mol. The Hall–Kier alpha value is -3.78. The molecule has 1 aliphatic heterocycles. The number of benzene rings is 2. The molecular weight excluding hydrogens is 416 g/mol. The fourth-order valence-electron chi connectivity index (χ4n) is 3.80. The molecule has 170 valence electrons.